The summed E-state index contributed by atoms with van der Waals surface area (Å²) < 4.78 is 1.55. The molecule has 1 unspecified atom stereocenters. The standard InChI is InChI=1S/C13H22Cl2N2S/c1-4-17(5-2)8-6-7-16-10(3)11-9-12(14)18-13(11)15/h9-10,16H,4-8H2,1-3H3. The molecule has 5 heteroatoms. The molecule has 1 aromatic heterocycles. The predicted octanol–water partition coefficient (Wildman–Crippen LogP) is 4.44. The Labute approximate surface area is 124 Å². The largest absolute Gasteiger partial charge is 0.310 e. The van der Waals surface area contributed by atoms with Crippen LogP contribution in [0, 0.1) is 0 Å². The molecule has 0 aliphatic rings. The summed E-state index contributed by atoms with van der Waals surface area (Å²) in [5, 5.41) is 3.49. The summed E-state index contributed by atoms with van der Waals surface area (Å²) in [6.07, 6.45) is 1.15. The lowest BCUT2D eigenvalue weighted by Gasteiger charge is -2.19. The van der Waals surface area contributed by atoms with E-state index in [9.17, 15) is 0 Å². The van der Waals surface area contributed by atoms with Crippen molar-refractivity contribution < 1.29 is 0 Å². The third-order valence-electron chi connectivity index (χ3n) is 3.15. The van der Waals surface area contributed by atoms with Crippen molar-refractivity contribution in [2.24, 2.45) is 0 Å². The van der Waals surface area contributed by atoms with Crippen LogP contribution in [0.1, 0.15) is 38.8 Å². The van der Waals surface area contributed by atoms with E-state index < -0.39 is 0 Å². The van der Waals surface area contributed by atoms with Crippen LogP contribution in [0.2, 0.25) is 8.67 Å². The van der Waals surface area contributed by atoms with Gasteiger partial charge in [0, 0.05) is 6.04 Å². The van der Waals surface area contributed by atoms with Gasteiger partial charge in [0.25, 0.3) is 0 Å². The van der Waals surface area contributed by atoms with Crippen molar-refractivity contribution in [3.63, 3.8) is 0 Å². The Morgan fingerprint density at radius 1 is 1.33 bits per heavy atom. The van der Waals surface area contributed by atoms with Crippen LogP contribution in [0.15, 0.2) is 6.07 Å². The second kappa shape index (κ2) is 8.39. The molecule has 0 amide bonds. The van der Waals surface area contributed by atoms with E-state index >= 15 is 0 Å². The minimum atomic E-state index is 0.262. The number of nitrogens with zero attached hydrogens (tertiary/aromatic N) is 1. The van der Waals surface area contributed by atoms with Crippen molar-refractivity contribution >= 4 is 34.5 Å². The highest BCUT2D eigenvalue weighted by Gasteiger charge is 2.12. The van der Waals surface area contributed by atoms with Crippen LogP contribution in [-0.4, -0.2) is 31.1 Å². The Kier molecular flexibility index (Phi) is 7.57. The van der Waals surface area contributed by atoms with Gasteiger partial charge in [-0.2, -0.15) is 0 Å². The van der Waals surface area contributed by atoms with Crippen LogP contribution in [0.3, 0.4) is 0 Å². The number of rotatable bonds is 8. The molecule has 0 aliphatic heterocycles. The highest BCUT2D eigenvalue weighted by Crippen LogP contribution is 2.34. The first kappa shape index (κ1) is 16.3. The van der Waals surface area contributed by atoms with E-state index in [0.29, 0.717) is 0 Å². The number of hydrogen-bond donors (Lipinski definition) is 1. The summed E-state index contributed by atoms with van der Waals surface area (Å²) in [6.45, 7) is 10.9. The minimum Gasteiger partial charge on any atom is -0.310 e. The van der Waals surface area contributed by atoms with Gasteiger partial charge in [0.15, 0.2) is 0 Å². The molecule has 0 spiro atoms. The zero-order valence-electron chi connectivity index (χ0n) is 11.3. The predicted molar refractivity (Wildman–Crippen MR) is 83.2 cm³/mol. The number of nitrogens with one attached hydrogen (secondary N) is 1. The summed E-state index contributed by atoms with van der Waals surface area (Å²) in [6, 6.07) is 2.22. The SMILES string of the molecule is CCN(CC)CCCNC(C)c1cc(Cl)sc1Cl. The van der Waals surface area contributed by atoms with Crippen molar-refractivity contribution in [2.45, 2.75) is 33.2 Å². The Morgan fingerprint density at radius 3 is 2.50 bits per heavy atom. The number of halogens is 2. The second-order valence-corrected chi connectivity index (χ2v) is 6.62. The highest BCUT2D eigenvalue weighted by atomic mass is 35.5. The highest BCUT2D eigenvalue weighted by molar-refractivity contribution is 7.20. The molecule has 0 aliphatic carbocycles. The van der Waals surface area contributed by atoms with E-state index in [2.05, 4.69) is 31.0 Å². The van der Waals surface area contributed by atoms with Gasteiger partial charge in [-0.05, 0) is 51.2 Å². The van der Waals surface area contributed by atoms with Crippen molar-refractivity contribution in [1.82, 2.24) is 10.2 Å². The third kappa shape index (κ3) is 5.06. The summed E-state index contributed by atoms with van der Waals surface area (Å²) in [5.41, 5.74) is 1.11. The van der Waals surface area contributed by atoms with Gasteiger partial charge in [0.2, 0.25) is 0 Å². The lowest BCUT2D eigenvalue weighted by molar-refractivity contribution is 0.296. The molecule has 1 N–H and O–H groups in total. The first-order chi connectivity index (χ1) is 8.58. The quantitative estimate of drug-likeness (QED) is 0.714. The summed E-state index contributed by atoms with van der Waals surface area (Å²) in [4.78, 5) is 2.43. The fourth-order valence-corrected chi connectivity index (χ4v) is 3.56. The van der Waals surface area contributed by atoms with Crippen LogP contribution in [-0.2, 0) is 0 Å². The Bertz CT molecular complexity index is 351. The molecular weight excluding hydrogens is 287 g/mol. The average molecular weight is 309 g/mol. The van der Waals surface area contributed by atoms with Crippen molar-refractivity contribution in [3.05, 3.63) is 20.3 Å². The average Bonchev–Trinajstić information content (AvgIpc) is 2.68. The molecule has 0 fully saturated rings. The maximum atomic E-state index is 6.13. The molecule has 0 saturated carbocycles. The lowest BCUT2D eigenvalue weighted by Crippen LogP contribution is -2.28. The molecule has 18 heavy (non-hydrogen) atoms. The Morgan fingerprint density at radius 2 is 2.00 bits per heavy atom. The van der Waals surface area contributed by atoms with Gasteiger partial charge in [-0.15, -0.1) is 11.3 Å². The topological polar surface area (TPSA) is 15.3 Å². The maximum Gasteiger partial charge on any atom is 0.0991 e. The molecule has 1 atom stereocenters. The van der Waals surface area contributed by atoms with Gasteiger partial charge in [0.05, 0.1) is 8.67 Å². The van der Waals surface area contributed by atoms with Crippen molar-refractivity contribution in [2.75, 3.05) is 26.2 Å². The van der Waals surface area contributed by atoms with Gasteiger partial charge in [-0.25, -0.2) is 0 Å². The zero-order chi connectivity index (χ0) is 13.5. The molecule has 1 aromatic rings. The monoisotopic (exact) mass is 308 g/mol. The zero-order valence-corrected chi connectivity index (χ0v) is 13.6. The maximum absolute atomic E-state index is 6.13. The van der Waals surface area contributed by atoms with Crippen LogP contribution >= 0.6 is 34.5 Å². The van der Waals surface area contributed by atoms with Gasteiger partial charge in [-0.1, -0.05) is 37.0 Å². The second-order valence-electron chi connectivity index (χ2n) is 4.34. The van der Waals surface area contributed by atoms with Crippen LogP contribution in [0.4, 0.5) is 0 Å². The molecular formula is C13H22Cl2N2S. The smallest absolute Gasteiger partial charge is 0.0991 e. The normalized spacial score (nSPS) is 13.2. The summed E-state index contributed by atoms with van der Waals surface area (Å²) >= 11 is 13.5. The molecule has 1 heterocycles. The first-order valence-corrected chi connectivity index (χ1v) is 8.06. The van der Waals surface area contributed by atoms with Crippen LogP contribution in [0.25, 0.3) is 0 Å². The Balaban J connectivity index is 2.29. The van der Waals surface area contributed by atoms with Crippen molar-refractivity contribution in [3.8, 4) is 0 Å². The van der Waals surface area contributed by atoms with E-state index in [1.807, 2.05) is 6.07 Å². The third-order valence-corrected chi connectivity index (χ3v) is 4.66. The summed E-state index contributed by atoms with van der Waals surface area (Å²) in [5.74, 6) is 0. The number of hydrogen-bond acceptors (Lipinski definition) is 3. The fourth-order valence-electron chi connectivity index (χ4n) is 1.92. The molecule has 0 aromatic carbocycles. The summed E-state index contributed by atoms with van der Waals surface area (Å²) in [7, 11) is 0. The van der Waals surface area contributed by atoms with Crippen molar-refractivity contribution in [1.29, 1.82) is 0 Å². The molecule has 1 rings (SSSR count). The Hall–Kier alpha value is 0.200. The van der Waals surface area contributed by atoms with E-state index in [1.165, 1.54) is 11.3 Å². The van der Waals surface area contributed by atoms with Gasteiger partial charge >= 0.3 is 0 Å². The van der Waals surface area contributed by atoms with E-state index in [0.717, 1.165) is 46.8 Å². The van der Waals surface area contributed by atoms with Gasteiger partial charge < -0.3 is 10.2 Å². The molecule has 0 radical (unpaired) electrons. The molecule has 0 saturated heterocycles. The van der Waals surface area contributed by atoms with E-state index in [-0.39, 0.29) is 6.04 Å². The molecule has 104 valence electrons. The number of thiophene rings is 1. The molecule has 2 nitrogen and oxygen atoms in total. The van der Waals surface area contributed by atoms with Gasteiger partial charge in [-0.3, -0.25) is 0 Å². The lowest BCUT2D eigenvalue weighted by atomic mass is 10.2. The first-order valence-electron chi connectivity index (χ1n) is 6.48. The molecule has 0 bridgehead atoms. The van der Waals surface area contributed by atoms with Crippen LogP contribution in [0.5, 0.6) is 0 Å². The minimum absolute atomic E-state index is 0.262. The van der Waals surface area contributed by atoms with E-state index in [4.69, 9.17) is 23.2 Å². The fraction of sp³-hybridized carbons (Fsp3) is 0.692. The van der Waals surface area contributed by atoms with E-state index in [1.54, 1.807) is 0 Å². The van der Waals surface area contributed by atoms with Crippen LogP contribution < -0.4 is 5.32 Å². The van der Waals surface area contributed by atoms with Gasteiger partial charge in [0.1, 0.15) is 0 Å².